The van der Waals surface area contributed by atoms with Crippen molar-refractivity contribution in [2.75, 3.05) is 10.6 Å². The molecule has 0 aromatic heterocycles. The zero-order valence-electron chi connectivity index (χ0n) is 15.1. The van der Waals surface area contributed by atoms with Gasteiger partial charge in [-0.05, 0) is 55.5 Å². The summed E-state index contributed by atoms with van der Waals surface area (Å²) < 4.78 is 0. The number of hydrogen-bond acceptors (Lipinski definition) is 2. The third-order valence-corrected chi connectivity index (χ3v) is 5.12. The van der Waals surface area contributed by atoms with Crippen molar-refractivity contribution >= 4 is 23.2 Å². The maximum absolute atomic E-state index is 12.7. The summed E-state index contributed by atoms with van der Waals surface area (Å²) in [4.78, 5) is 24.8. The lowest BCUT2D eigenvalue weighted by atomic mass is 9.86. The first kappa shape index (κ1) is 17.2. The molecule has 1 unspecified atom stereocenters. The van der Waals surface area contributed by atoms with Gasteiger partial charge in [0, 0.05) is 16.9 Å². The van der Waals surface area contributed by atoms with Crippen LogP contribution in [0.2, 0.25) is 0 Å². The lowest BCUT2D eigenvalue weighted by Crippen LogP contribution is -2.26. The maximum atomic E-state index is 12.7. The Labute approximate surface area is 148 Å². The van der Waals surface area contributed by atoms with Crippen LogP contribution in [0, 0.1) is 0 Å². The van der Waals surface area contributed by atoms with Gasteiger partial charge in [-0.25, -0.2) is 0 Å². The molecule has 0 bridgehead atoms. The van der Waals surface area contributed by atoms with Gasteiger partial charge in [0.25, 0.3) is 5.91 Å². The van der Waals surface area contributed by atoms with Crippen LogP contribution < -0.4 is 10.6 Å². The number of para-hydroxylation sites is 1. The molecular weight excluding hydrogens is 312 g/mol. The number of rotatable bonds is 4. The number of fused-ring (bicyclic) bond motifs is 1. The predicted octanol–water partition coefficient (Wildman–Crippen LogP) is 4.68. The fourth-order valence-electron chi connectivity index (χ4n) is 3.19. The molecule has 1 atom stereocenters. The quantitative estimate of drug-likeness (QED) is 0.851. The molecule has 4 nitrogen and oxygen atoms in total. The first-order valence-electron chi connectivity index (χ1n) is 8.71. The summed E-state index contributed by atoms with van der Waals surface area (Å²) in [5.74, 6) is 0.163. The zero-order chi connectivity index (χ0) is 18.2. The summed E-state index contributed by atoms with van der Waals surface area (Å²) in [5, 5.41) is 5.88. The summed E-state index contributed by atoms with van der Waals surface area (Å²) in [5.41, 5.74) is 3.59. The molecule has 1 aliphatic rings. The number of carbonyl (C=O) groups is 2. The molecule has 1 heterocycles. The molecule has 2 aromatic carbocycles. The normalized spacial score (nSPS) is 16.1. The third-order valence-electron chi connectivity index (χ3n) is 5.12. The highest BCUT2D eigenvalue weighted by Gasteiger charge is 2.38. The molecule has 2 aromatic rings. The molecule has 25 heavy (non-hydrogen) atoms. The van der Waals surface area contributed by atoms with E-state index in [1.165, 1.54) is 0 Å². The molecule has 0 radical (unpaired) electrons. The number of hydrogen-bond donors (Lipinski definition) is 2. The Morgan fingerprint density at radius 2 is 1.92 bits per heavy atom. The van der Waals surface area contributed by atoms with E-state index in [0.29, 0.717) is 11.5 Å². The van der Waals surface area contributed by atoms with Crippen molar-refractivity contribution in [2.24, 2.45) is 0 Å². The topological polar surface area (TPSA) is 58.2 Å². The van der Waals surface area contributed by atoms with Gasteiger partial charge in [-0.1, -0.05) is 38.1 Å². The van der Waals surface area contributed by atoms with Crippen molar-refractivity contribution in [2.45, 2.75) is 45.4 Å². The van der Waals surface area contributed by atoms with Crippen molar-refractivity contribution in [3.05, 3.63) is 59.2 Å². The monoisotopic (exact) mass is 336 g/mol. The summed E-state index contributed by atoms with van der Waals surface area (Å²) in [6.07, 6.45) is 1.01. The van der Waals surface area contributed by atoms with E-state index in [1.54, 1.807) is 12.1 Å². The van der Waals surface area contributed by atoms with Crippen LogP contribution in [0.3, 0.4) is 0 Å². The Kier molecular flexibility index (Phi) is 4.38. The molecule has 0 saturated carbocycles. The standard InChI is InChI=1S/C21H24N2O2/c1-5-13(2)15-8-6-7-9-17(15)22-19(24)14-10-11-16-18(12-14)23-20(25)21(16,3)4/h6-13H,5H2,1-4H3,(H,22,24)(H,23,25). The first-order chi connectivity index (χ1) is 11.8. The molecule has 4 heteroatoms. The van der Waals surface area contributed by atoms with Crippen LogP contribution >= 0.6 is 0 Å². The minimum atomic E-state index is -0.562. The Bertz CT molecular complexity index is 840. The highest BCUT2D eigenvalue weighted by Crippen LogP contribution is 2.37. The van der Waals surface area contributed by atoms with E-state index in [4.69, 9.17) is 0 Å². The zero-order valence-corrected chi connectivity index (χ0v) is 15.1. The van der Waals surface area contributed by atoms with E-state index < -0.39 is 5.41 Å². The highest BCUT2D eigenvalue weighted by molar-refractivity contribution is 6.09. The molecule has 0 spiro atoms. The molecule has 130 valence electrons. The lowest BCUT2D eigenvalue weighted by molar-refractivity contribution is -0.119. The van der Waals surface area contributed by atoms with E-state index in [1.807, 2.05) is 38.1 Å². The molecular formula is C21H24N2O2. The van der Waals surface area contributed by atoms with Crippen molar-refractivity contribution in [1.29, 1.82) is 0 Å². The fourth-order valence-corrected chi connectivity index (χ4v) is 3.19. The van der Waals surface area contributed by atoms with Gasteiger partial charge in [0.1, 0.15) is 0 Å². The summed E-state index contributed by atoms with van der Waals surface area (Å²) in [6.45, 7) is 8.05. The minimum absolute atomic E-state index is 0.0397. The predicted molar refractivity (Wildman–Crippen MR) is 101 cm³/mol. The van der Waals surface area contributed by atoms with Crippen molar-refractivity contribution in [3.8, 4) is 0 Å². The number of anilines is 2. The van der Waals surface area contributed by atoms with Crippen LogP contribution in [-0.4, -0.2) is 11.8 Å². The van der Waals surface area contributed by atoms with Crippen LogP contribution in [0.15, 0.2) is 42.5 Å². The average Bonchev–Trinajstić information content (AvgIpc) is 2.83. The van der Waals surface area contributed by atoms with Crippen LogP contribution in [0.1, 0.15) is 61.5 Å². The van der Waals surface area contributed by atoms with Gasteiger partial charge < -0.3 is 10.6 Å². The third kappa shape index (κ3) is 3.04. The molecule has 2 amide bonds. The Balaban J connectivity index is 1.87. The van der Waals surface area contributed by atoms with Crippen LogP contribution in [0.4, 0.5) is 11.4 Å². The van der Waals surface area contributed by atoms with E-state index in [0.717, 1.165) is 28.9 Å². The van der Waals surface area contributed by atoms with Gasteiger partial charge in [-0.15, -0.1) is 0 Å². The summed E-state index contributed by atoms with van der Waals surface area (Å²) >= 11 is 0. The van der Waals surface area contributed by atoms with E-state index in [2.05, 4.69) is 30.5 Å². The highest BCUT2D eigenvalue weighted by atomic mass is 16.2. The largest absolute Gasteiger partial charge is 0.325 e. The lowest BCUT2D eigenvalue weighted by Gasteiger charge is -2.16. The van der Waals surface area contributed by atoms with E-state index >= 15 is 0 Å². The van der Waals surface area contributed by atoms with E-state index in [9.17, 15) is 9.59 Å². The van der Waals surface area contributed by atoms with Crippen molar-refractivity contribution < 1.29 is 9.59 Å². The van der Waals surface area contributed by atoms with Gasteiger partial charge in [-0.3, -0.25) is 9.59 Å². The molecule has 2 N–H and O–H groups in total. The van der Waals surface area contributed by atoms with E-state index in [-0.39, 0.29) is 11.8 Å². The second-order valence-corrected chi connectivity index (χ2v) is 7.19. The molecule has 0 fully saturated rings. The smallest absolute Gasteiger partial charge is 0.255 e. The SMILES string of the molecule is CCC(C)c1ccccc1NC(=O)c1ccc2c(c1)NC(=O)C2(C)C. The fraction of sp³-hybridized carbons (Fsp3) is 0.333. The Morgan fingerprint density at radius 3 is 2.64 bits per heavy atom. The summed E-state index contributed by atoms with van der Waals surface area (Å²) in [6, 6.07) is 13.3. The Morgan fingerprint density at radius 1 is 1.20 bits per heavy atom. The second-order valence-electron chi connectivity index (χ2n) is 7.19. The van der Waals surface area contributed by atoms with Crippen molar-refractivity contribution in [1.82, 2.24) is 0 Å². The molecule has 3 rings (SSSR count). The molecule has 1 aliphatic heterocycles. The van der Waals surface area contributed by atoms with Gasteiger partial charge in [0.05, 0.1) is 5.41 Å². The number of carbonyl (C=O) groups excluding carboxylic acids is 2. The first-order valence-corrected chi connectivity index (χ1v) is 8.71. The van der Waals surface area contributed by atoms with Crippen LogP contribution in [0.5, 0.6) is 0 Å². The maximum Gasteiger partial charge on any atom is 0.255 e. The summed E-state index contributed by atoms with van der Waals surface area (Å²) in [7, 11) is 0. The number of nitrogens with one attached hydrogen (secondary N) is 2. The number of benzene rings is 2. The second kappa shape index (κ2) is 6.36. The van der Waals surface area contributed by atoms with Gasteiger partial charge in [0.15, 0.2) is 0 Å². The minimum Gasteiger partial charge on any atom is -0.325 e. The molecule has 0 aliphatic carbocycles. The Hall–Kier alpha value is -2.62. The van der Waals surface area contributed by atoms with Gasteiger partial charge in [-0.2, -0.15) is 0 Å². The van der Waals surface area contributed by atoms with Gasteiger partial charge >= 0.3 is 0 Å². The average molecular weight is 336 g/mol. The van der Waals surface area contributed by atoms with Crippen molar-refractivity contribution in [3.63, 3.8) is 0 Å². The van der Waals surface area contributed by atoms with Crippen LogP contribution in [0.25, 0.3) is 0 Å². The van der Waals surface area contributed by atoms with Gasteiger partial charge in [0.2, 0.25) is 5.91 Å². The van der Waals surface area contributed by atoms with Crippen LogP contribution in [-0.2, 0) is 10.2 Å². The molecule has 0 saturated heterocycles. The number of amides is 2.